The summed E-state index contributed by atoms with van der Waals surface area (Å²) in [4.78, 5) is 9.91. The van der Waals surface area contributed by atoms with E-state index in [1.54, 1.807) is 31.2 Å². The topological polar surface area (TPSA) is 75.7 Å². The van der Waals surface area contributed by atoms with Gasteiger partial charge in [0.1, 0.15) is 0 Å². The molecule has 0 radical (unpaired) electrons. The van der Waals surface area contributed by atoms with E-state index in [9.17, 15) is 10.1 Å². The molecule has 1 rings (SSSR count). The fourth-order valence-electron chi connectivity index (χ4n) is 0.957. The highest BCUT2D eigenvalue weighted by Crippen LogP contribution is 2.12. The van der Waals surface area contributed by atoms with Gasteiger partial charge in [-0.25, -0.2) is 0 Å². The Labute approximate surface area is 86.5 Å². The molecule has 0 aromatic heterocycles. The van der Waals surface area contributed by atoms with Crippen molar-refractivity contribution in [3.63, 3.8) is 0 Å². The molecule has 0 saturated carbocycles. The Morgan fingerprint density at radius 3 is 2.53 bits per heavy atom. The van der Waals surface area contributed by atoms with Gasteiger partial charge in [0.2, 0.25) is 0 Å². The quantitative estimate of drug-likeness (QED) is 0.357. The molecular formula is C10H10N2O3. The fourth-order valence-corrected chi connectivity index (χ4v) is 0.957. The second-order valence-electron chi connectivity index (χ2n) is 2.92. The molecule has 5 heteroatoms. The molecule has 5 nitrogen and oxygen atoms in total. The molecule has 0 atom stereocenters. The highest BCUT2D eigenvalue weighted by Gasteiger charge is 2.01. The molecule has 0 amide bonds. The van der Waals surface area contributed by atoms with Crippen LogP contribution in [0, 0.1) is 10.1 Å². The number of oxime groups is 1. The number of nitro groups is 1. The first-order chi connectivity index (χ1) is 7.13. The molecule has 0 aliphatic rings. The first kappa shape index (κ1) is 10.9. The average molecular weight is 206 g/mol. The summed E-state index contributed by atoms with van der Waals surface area (Å²) in [7, 11) is 0. The van der Waals surface area contributed by atoms with Gasteiger partial charge in [0, 0.05) is 12.1 Å². The lowest BCUT2D eigenvalue weighted by molar-refractivity contribution is -0.384. The predicted octanol–water partition coefficient (Wildman–Crippen LogP) is 2.46. The van der Waals surface area contributed by atoms with E-state index >= 15 is 0 Å². The van der Waals surface area contributed by atoms with E-state index in [1.807, 2.05) is 0 Å². The van der Waals surface area contributed by atoms with Gasteiger partial charge in [-0.05, 0) is 30.7 Å². The molecule has 1 N–H and O–H groups in total. The molecule has 0 heterocycles. The Bertz CT molecular complexity index is 407. The molecule has 78 valence electrons. The highest BCUT2D eigenvalue weighted by molar-refractivity contribution is 5.95. The zero-order chi connectivity index (χ0) is 11.3. The van der Waals surface area contributed by atoms with E-state index in [-0.39, 0.29) is 5.69 Å². The van der Waals surface area contributed by atoms with Crippen LogP contribution in [0.3, 0.4) is 0 Å². The molecule has 0 saturated heterocycles. The average Bonchev–Trinajstić information content (AvgIpc) is 2.26. The fraction of sp³-hybridized carbons (Fsp3) is 0.100. The van der Waals surface area contributed by atoms with Crippen LogP contribution in [-0.4, -0.2) is 15.8 Å². The van der Waals surface area contributed by atoms with Gasteiger partial charge < -0.3 is 5.21 Å². The molecule has 0 spiro atoms. The molecule has 0 aliphatic carbocycles. The number of rotatable bonds is 3. The maximum atomic E-state index is 10.4. The Morgan fingerprint density at radius 1 is 1.47 bits per heavy atom. The van der Waals surface area contributed by atoms with Crippen molar-refractivity contribution in [2.24, 2.45) is 5.16 Å². The highest BCUT2D eigenvalue weighted by atomic mass is 16.6. The molecule has 0 fully saturated rings. The van der Waals surface area contributed by atoms with E-state index in [0.29, 0.717) is 5.71 Å². The SMILES string of the molecule is CC(/C=C/c1ccc([N+](=O)[O-])cc1)=N/O. The zero-order valence-corrected chi connectivity index (χ0v) is 8.12. The third-order valence-electron chi connectivity index (χ3n) is 1.78. The van der Waals surface area contributed by atoms with Crippen LogP contribution in [0.2, 0.25) is 0 Å². The van der Waals surface area contributed by atoms with Crippen molar-refractivity contribution in [3.05, 3.63) is 46.0 Å². The predicted molar refractivity (Wildman–Crippen MR) is 57.0 cm³/mol. The third-order valence-corrected chi connectivity index (χ3v) is 1.78. The van der Waals surface area contributed by atoms with E-state index in [2.05, 4.69) is 5.16 Å². The molecule has 15 heavy (non-hydrogen) atoms. The van der Waals surface area contributed by atoms with Gasteiger partial charge in [0.05, 0.1) is 10.6 Å². The van der Waals surface area contributed by atoms with Gasteiger partial charge in [0.15, 0.2) is 0 Å². The van der Waals surface area contributed by atoms with Crippen LogP contribution in [0.15, 0.2) is 35.5 Å². The smallest absolute Gasteiger partial charge is 0.269 e. The van der Waals surface area contributed by atoms with Crippen molar-refractivity contribution in [1.82, 2.24) is 0 Å². The van der Waals surface area contributed by atoms with Gasteiger partial charge in [-0.15, -0.1) is 0 Å². The Hall–Kier alpha value is -2.17. The van der Waals surface area contributed by atoms with Crippen molar-refractivity contribution < 1.29 is 10.1 Å². The number of allylic oxidation sites excluding steroid dienone is 1. The van der Waals surface area contributed by atoms with E-state index < -0.39 is 4.92 Å². The normalized spacial score (nSPS) is 11.9. The number of benzene rings is 1. The molecule has 1 aromatic rings. The molecule has 0 unspecified atom stereocenters. The van der Waals surface area contributed by atoms with Crippen LogP contribution in [-0.2, 0) is 0 Å². The summed E-state index contributed by atoms with van der Waals surface area (Å²) in [5.41, 5.74) is 1.33. The first-order valence-corrected chi connectivity index (χ1v) is 4.24. The molecule has 0 bridgehead atoms. The van der Waals surface area contributed by atoms with Crippen molar-refractivity contribution in [2.45, 2.75) is 6.92 Å². The summed E-state index contributed by atoms with van der Waals surface area (Å²) >= 11 is 0. The van der Waals surface area contributed by atoms with Crippen molar-refractivity contribution in [3.8, 4) is 0 Å². The summed E-state index contributed by atoms with van der Waals surface area (Å²) in [6.07, 6.45) is 3.32. The van der Waals surface area contributed by atoms with E-state index in [4.69, 9.17) is 5.21 Å². The van der Waals surface area contributed by atoms with Crippen molar-refractivity contribution in [1.29, 1.82) is 0 Å². The maximum absolute atomic E-state index is 10.4. The maximum Gasteiger partial charge on any atom is 0.269 e. The number of nitro benzene ring substituents is 1. The van der Waals surface area contributed by atoms with Crippen LogP contribution >= 0.6 is 0 Å². The standard InChI is InChI=1S/C10H10N2O3/c1-8(11-13)2-3-9-4-6-10(7-5-9)12(14)15/h2-7,13H,1H3/b3-2+,11-8-. The van der Waals surface area contributed by atoms with Crippen LogP contribution in [0.25, 0.3) is 6.08 Å². The Kier molecular flexibility index (Phi) is 3.56. The van der Waals surface area contributed by atoms with Gasteiger partial charge in [0.25, 0.3) is 5.69 Å². The summed E-state index contributed by atoms with van der Waals surface area (Å²) in [5.74, 6) is 0. The number of non-ortho nitro benzene ring substituents is 1. The zero-order valence-electron chi connectivity index (χ0n) is 8.12. The first-order valence-electron chi connectivity index (χ1n) is 4.24. The summed E-state index contributed by atoms with van der Waals surface area (Å²) in [5, 5.41) is 21.7. The van der Waals surface area contributed by atoms with Gasteiger partial charge >= 0.3 is 0 Å². The monoisotopic (exact) mass is 206 g/mol. The second-order valence-corrected chi connectivity index (χ2v) is 2.92. The van der Waals surface area contributed by atoms with Crippen LogP contribution < -0.4 is 0 Å². The summed E-state index contributed by atoms with van der Waals surface area (Å²) in [6, 6.07) is 6.09. The molecule has 1 aromatic carbocycles. The van der Waals surface area contributed by atoms with Crippen molar-refractivity contribution in [2.75, 3.05) is 0 Å². The van der Waals surface area contributed by atoms with Crippen LogP contribution in [0.4, 0.5) is 5.69 Å². The second kappa shape index (κ2) is 4.90. The van der Waals surface area contributed by atoms with Gasteiger partial charge in [-0.2, -0.15) is 0 Å². The van der Waals surface area contributed by atoms with E-state index in [1.165, 1.54) is 12.1 Å². The van der Waals surface area contributed by atoms with E-state index in [0.717, 1.165) is 5.56 Å². The largest absolute Gasteiger partial charge is 0.411 e. The summed E-state index contributed by atoms with van der Waals surface area (Å²) < 4.78 is 0. The Morgan fingerprint density at radius 2 is 2.07 bits per heavy atom. The molecular weight excluding hydrogens is 196 g/mol. The van der Waals surface area contributed by atoms with Gasteiger partial charge in [-0.3, -0.25) is 10.1 Å². The summed E-state index contributed by atoms with van der Waals surface area (Å²) in [6.45, 7) is 1.64. The number of nitrogens with zero attached hydrogens (tertiary/aromatic N) is 2. The number of hydrogen-bond acceptors (Lipinski definition) is 4. The minimum atomic E-state index is -0.450. The van der Waals surface area contributed by atoms with Gasteiger partial charge in [-0.1, -0.05) is 11.2 Å². The third kappa shape index (κ3) is 3.22. The number of hydrogen-bond donors (Lipinski definition) is 1. The van der Waals surface area contributed by atoms with Crippen molar-refractivity contribution >= 4 is 17.5 Å². The lowest BCUT2D eigenvalue weighted by Crippen LogP contribution is -1.87. The lowest BCUT2D eigenvalue weighted by Gasteiger charge is -1.93. The van der Waals surface area contributed by atoms with Crippen LogP contribution in [0.1, 0.15) is 12.5 Å². The Balaban J connectivity index is 2.81. The lowest BCUT2D eigenvalue weighted by atomic mass is 10.2. The minimum absolute atomic E-state index is 0.0553. The molecule has 0 aliphatic heterocycles. The minimum Gasteiger partial charge on any atom is -0.411 e. The van der Waals surface area contributed by atoms with Crippen LogP contribution in [0.5, 0.6) is 0 Å².